The predicted octanol–water partition coefficient (Wildman–Crippen LogP) is 4.76. The molecule has 0 unspecified atom stereocenters. The smallest absolute Gasteiger partial charge is 0.173 e. The number of halogens is 2. The average molecular weight is 453 g/mol. The lowest BCUT2D eigenvalue weighted by Crippen LogP contribution is -2.47. The van der Waals surface area contributed by atoms with E-state index in [0.717, 1.165) is 51.1 Å². The van der Waals surface area contributed by atoms with Gasteiger partial charge in [-0.25, -0.2) is 0 Å². The quantitative estimate of drug-likeness (QED) is 0.625. The molecule has 4 nitrogen and oxygen atoms in total. The third-order valence-electron chi connectivity index (χ3n) is 5.06. The first-order valence-electron chi connectivity index (χ1n) is 8.05. The molecule has 0 fully saturated rings. The highest BCUT2D eigenvalue weighted by molar-refractivity contribution is 9.11. The molecule has 1 N–H and O–H groups in total. The second-order valence-corrected chi connectivity index (χ2v) is 8.09. The van der Waals surface area contributed by atoms with Crippen molar-refractivity contribution in [3.63, 3.8) is 0 Å². The highest BCUT2D eigenvalue weighted by Crippen LogP contribution is 2.57. The molecule has 2 aromatic rings. The Labute approximate surface area is 156 Å². The molecule has 124 valence electrons. The van der Waals surface area contributed by atoms with Crippen molar-refractivity contribution in [2.75, 3.05) is 18.1 Å². The van der Waals surface area contributed by atoms with Crippen LogP contribution in [0.25, 0.3) is 0 Å². The zero-order valence-corrected chi connectivity index (χ0v) is 15.9. The van der Waals surface area contributed by atoms with Gasteiger partial charge in [0.15, 0.2) is 12.0 Å². The van der Waals surface area contributed by atoms with Gasteiger partial charge in [-0.3, -0.25) is 0 Å². The topological polar surface area (TPSA) is 41.9 Å². The molecule has 3 heterocycles. The highest BCUT2D eigenvalue weighted by atomic mass is 79.9. The molecular formula is C18H15Br2NO3. The van der Waals surface area contributed by atoms with Crippen LogP contribution in [-0.2, 0) is 0 Å². The molecule has 0 aromatic heterocycles. The standard InChI is InChI=1S/C18H15Br2NO3/c19-10-8-11(20)18-17-15(10)9-7-14(21(17)5-2-6-23-18)24-13-4-1-3-12(22)16(9)13/h1,3-4,8-9,14,22H,2,5-7H2/t9-,14+/m1/s1. The van der Waals surface area contributed by atoms with E-state index >= 15 is 0 Å². The maximum Gasteiger partial charge on any atom is 0.173 e. The molecule has 2 aromatic carbocycles. The second kappa shape index (κ2) is 5.30. The van der Waals surface area contributed by atoms with Crippen LogP contribution in [0.2, 0.25) is 0 Å². The highest BCUT2D eigenvalue weighted by Gasteiger charge is 2.44. The van der Waals surface area contributed by atoms with E-state index in [-0.39, 0.29) is 12.1 Å². The molecule has 0 spiro atoms. The first-order chi connectivity index (χ1) is 11.6. The molecule has 2 bridgehead atoms. The number of hydrogen-bond acceptors (Lipinski definition) is 4. The number of anilines is 1. The van der Waals surface area contributed by atoms with Crippen LogP contribution in [0.5, 0.6) is 17.2 Å². The normalized spacial score (nSPS) is 23.5. The third kappa shape index (κ3) is 1.96. The largest absolute Gasteiger partial charge is 0.508 e. The van der Waals surface area contributed by atoms with Crippen LogP contribution in [0, 0.1) is 0 Å². The van der Waals surface area contributed by atoms with Crippen molar-refractivity contribution in [1.29, 1.82) is 0 Å². The van der Waals surface area contributed by atoms with E-state index in [1.165, 1.54) is 5.56 Å². The lowest BCUT2D eigenvalue weighted by Gasteiger charge is -2.46. The summed E-state index contributed by atoms with van der Waals surface area (Å²) in [6, 6.07) is 7.56. The van der Waals surface area contributed by atoms with Crippen molar-refractivity contribution >= 4 is 37.5 Å². The SMILES string of the molecule is Oc1cccc2c1[C@@H]1C[C@H](O2)N2CCCOc3c(Br)cc(Br)c1c32. The molecule has 0 saturated heterocycles. The maximum absolute atomic E-state index is 10.5. The van der Waals surface area contributed by atoms with Gasteiger partial charge in [0.25, 0.3) is 0 Å². The zero-order valence-electron chi connectivity index (χ0n) is 12.8. The van der Waals surface area contributed by atoms with Gasteiger partial charge in [0.1, 0.15) is 11.5 Å². The van der Waals surface area contributed by atoms with E-state index in [2.05, 4.69) is 36.8 Å². The summed E-state index contributed by atoms with van der Waals surface area (Å²) < 4.78 is 14.3. The lowest BCUT2D eigenvalue weighted by molar-refractivity contribution is 0.150. The Morgan fingerprint density at radius 1 is 1.17 bits per heavy atom. The van der Waals surface area contributed by atoms with Crippen LogP contribution >= 0.6 is 31.9 Å². The number of ether oxygens (including phenoxy) is 2. The Morgan fingerprint density at radius 3 is 2.92 bits per heavy atom. The van der Waals surface area contributed by atoms with Gasteiger partial charge in [-0.2, -0.15) is 0 Å². The van der Waals surface area contributed by atoms with Gasteiger partial charge in [0, 0.05) is 34.5 Å². The molecule has 0 amide bonds. The van der Waals surface area contributed by atoms with Crippen LogP contribution < -0.4 is 14.4 Å². The summed E-state index contributed by atoms with van der Waals surface area (Å²) in [6.07, 6.45) is 1.76. The number of fused-ring (bicyclic) bond motifs is 6. The van der Waals surface area contributed by atoms with Gasteiger partial charge >= 0.3 is 0 Å². The summed E-state index contributed by atoms with van der Waals surface area (Å²) in [5, 5.41) is 10.5. The molecule has 24 heavy (non-hydrogen) atoms. The van der Waals surface area contributed by atoms with Crippen molar-refractivity contribution in [3.05, 3.63) is 44.3 Å². The Morgan fingerprint density at radius 2 is 2.04 bits per heavy atom. The van der Waals surface area contributed by atoms with Crippen molar-refractivity contribution in [1.82, 2.24) is 0 Å². The number of phenolic OH excluding ortho intramolecular Hbond substituents is 1. The van der Waals surface area contributed by atoms with E-state index in [1.54, 1.807) is 6.07 Å². The summed E-state index contributed by atoms with van der Waals surface area (Å²) in [7, 11) is 0. The van der Waals surface area contributed by atoms with Crippen molar-refractivity contribution < 1.29 is 14.6 Å². The van der Waals surface area contributed by atoms with Crippen LogP contribution in [-0.4, -0.2) is 24.5 Å². The number of aromatic hydroxyl groups is 1. The number of phenols is 1. The summed E-state index contributed by atoms with van der Waals surface area (Å²) in [6.45, 7) is 1.59. The zero-order chi connectivity index (χ0) is 16.4. The Kier molecular flexibility index (Phi) is 3.29. The minimum atomic E-state index is -0.0292. The average Bonchev–Trinajstić information content (AvgIpc) is 2.77. The fourth-order valence-electron chi connectivity index (χ4n) is 4.12. The Hall–Kier alpha value is -1.40. The molecule has 0 saturated carbocycles. The second-order valence-electron chi connectivity index (χ2n) is 6.38. The maximum atomic E-state index is 10.5. The number of benzene rings is 2. The van der Waals surface area contributed by atoms with Gasteiger partial charge in [-0.1, -0.05) is 22.0 Å². The fourth-order valence-corrected chi connectivity index (χ4v) is 5.65. The van der Waals surface area contributed by atoms with Gasteiger partial charge in [0.05, 0.1) is 16.8 Å². The summed E-state index contributed by atoms with van der Waals surface area (Å²) in [5.74, 6) is 2.04. The molecule has 3 aliphatic heterocycles. The molecule has 5 rings (SSSR count). The molecular weight excluding hydrogens is 438 g/mol. The minimum absolute atomic E-state index is 0.0292. The van der Waals surface area contributed by atoms with E-state index in [0.29, 0.717) is 12.4 Å². The predicted molar refractivity (Wildman–Crippen MR) is 98.3 cm³/mol. The summed E-state index contributed by atoms with van der Waals surface area (Å²) >= 11 is 7.38. The van der Waals surface area contributed by atoms with Crippen molar-refractivity contribution in [2.24, 2.45) is 0 Å². The van der Waals surface area contributed by atoms with E-state index in [9.17, 15) is 5.11 Å². The number of rotatable bonds is 0. The Balaban J connectivity index is 1.83. The number of hydrogen-bond donors (Lipinski definition) is 1. The minimum Gasteiger partial charge on any atom is -0.508 e. The van der Waals surface area contributed by atoms with Crippen molar-refractivity contribution in [3.8, 4) is 17.2 Å². The lowest BCUT2D eigenvalue weighted by atomic mass is 9.80. The van der Waals surface area contributed by atoms with E-state index in [4.69, 9.17) is 9.47 Å². The molecule has 6 heteroatoms. The third-order valence-corrected chi connectivity index (χ3v) is 6.31. The van der Waals surface area contributed by atoms with Crippen LogP contribution in [0.3, 0.4) is 0 Å². The van der Waals surface area contributed by atoms with Gasteiger partial charge < -0.3 is 19.5 Å². The Bertz CT molecular complexity index is 855. The first-order valence-corrected chi connectivity index (χ1v) is 9.63. The molecule has 2 atom stereocenters. The molecule has 0 radical (unpaired) electrons. The van der Waals surface area contributed by atoms with Crippen molar-refractivity contribution in [2.45, 2.75) is 25.0 Å². The van der Waals surface area contributed by atoms with Crippen LogP contribution in [0.1, 0.15) is 29.9 Å². The first kappa shape index (κ1) is 14.9. The van der Waals surface area contributed by atoms with E-state index < -0.39 is 0 Å². The monoisotopic (exact) mass is 451 g/mol. The number of nitrogens with zero attached hydrogens (tertiary/aromatic N) is 1. The van der Waals surface area contributed by atoms with E-state index in [1.807, 2.05) is 18.2 Å². The molecule has 0 aliphatic carbocycles. The molecule has 3 aliphatic rings. The van der Waals surface area contributed by atoms with Gasteiger partial charge in [0.2, 0.25) is 0 Å². The van der Waals surface area contributed by atoms with Crippen LogP contribution in [0.4, 0.5) is 5.69 Å². The van der Waals surface area contributed by atoms with Crippen LogP contribution in [0.15, 0.2) is 33.2 Å². The van der Waals surface area contributed by atoms with Gasteiger partial charge in [-0.05, 0) is 40.5 Å². The summed E-state index contributed by atoms with van der Waals surface area (Å²) in [4.78, 5) is 2.32. The fraction of sp³-hybridized carbons (Fsp3) is 0.333. The van der Waals surface area contributed by atoms with Gasteiger partial charge in [-0.15, -0.1) is 0 Å². The summed E-state index contributed by atoms with van der Waals surface area (Å²) in [5.41, 5.74) is 3.14.